The van der Waals surface area contributed by atoms with Crippen LogP contribution in [0.5, 0.6) is 0 Å². The number of anilines is 1. The standard InChI is InChI=1S/C20H23N5O2.HI/c1-3-22-20(24-13-19(26)25-15-7-6-10-21-11-15)23-12-18-14(2)16-8-4-5-9-17(16)27-18;/h4-11H,3,12-13H2,1-2H3,(H,25,26)(H2,22,23,24);1H. The summed E-state index contributed by atoms with van der Waals surface area (Å²) in [5.41, 5.74) is 2.61. The fraction of sp³-hybridized carbons (Fsp3) is 0.250. The summed E-state index contributed by atoms with van der Waals surface area (Å²) < 4.78 is 5.90. The van der Waals surface area contributed by atoms with Crippen molar-refractivity contribution >= 4 is 52.5 Å². The molecule has 0 aliphatic carbocycles. The summed E-state index contributed by atoms with van der Waals surface area (Å²) in [6, 6.07) is 11.5. The summed E-state index contributed by atoms with van der Waals surface area (Å²) >= 11 is 0. The molecule has 1 amide bonds. The number of aromatic nitrogens is 1. The lowest BCUT2D eigenvalue weighted by Gasteiger charge is -2.10. The van der Waals surface area contributed by atoms with E-state index in [1.165, 1.54) is 0 Å². The number of amides is 1. The van der Waals surface area contributed by atoms with E-state index in [-0.39, 0.29) is 36.4 Å². The molecule has 1 aromatic carbocycles. The highest BCUT2D eigenvalue weighted by Crippen LogP contribution is 2.24. The number of carbonyl (C=O) groups is 1. The lowest BCUT2D eigenvalue weighted by molar-refractivity contribution is -0.114. The summed E-state index contributed by atoms with van der Waals surface area (Å²) in [6.07, 6.45) is 3.25. The van der Waals surface area contributed by atoms with Crippen LogP contribution in [0.3, 0.4) is 0 Å². The fourth-order valence-corrected chi connectivity index (χ4v) is 2.69. The highest BCUT2D eigenvalue weighted by atomic mass is 127. The second kappa shape index (κ2) is 10.6. The number of aliphatic imine (C=N–C) groups is 1. The predicted molar refractivity (Wildman–Crippen MR) is 122 cm³/mol. The molecule has 3 aromatic rings. The topological polar surface area (TPSA) is 91.5 Å². The normalized spacial score (nSPS) is 11.0. The van der Waals surface area contributed by atoms with Crippen molar-refractivity contribution in [1.29, 1.82) is 0 Å². The Labute approximate surface area is 181 Å². The van der Waals surface area contributed by atoms with E-state index in [9.17, 15) is 4.79 Å². The summed E-state index contributed by atoms with van der Waals surface area (Å²) in [4.78, 5) is 20.3. The number of fused-ring (bicyclic) bond motifs is 1. The zero-order valence-electron chi connectivity index (χ0n) is 15.9. The molecule has 0 radical (unpaired) electrons. The van der Waals surface area contributed by atoms with E-state index in [1.54, 1.807) is 24.5 Å². The van der Waals surface area contributed by atoms with Crippen molar-refractivity contribution in [2.45, 2.75) is 20.4 Å². The third-order valence-electron chi connectivity index (χ3n) is 4.03. The van der Waals surface area contributed by atoms with Crippen molar-refractivity contribution in [3.8, 4) is 0 Å². The average Bonchev–Trinajstić information content (AvgIpc) is 3.01. The molecule has 0 spiro atoms. The molecule has 28 heavy (non-hydrogen) atoms. The van der Waals surface area contributed by atoms with Crippen molar-refractivity contribution in [1.82, 2.24) is 15.6 Å². The van der Waals surface area contributed by atoms with Gasteiger partial charge in [-0.1, -0.05) is 18.2 Å². The van der Waals surface area contributed by atoms with Crippen LogP contribution in [0, 0.1) is 6.92 Å². The Morgan fingerprint density at radius 1 is 1.18 bits per heavy atom. The van der Waals surface area contributed by atoms with Crippen molar-refractivity contribution < 1.29 is 9.21 Å². The van der Waals surface area contributed by atoms with Gasteiger partial charge in [0.2, 0.25) is 5.91 Å². The summed E-state index contributed by atoms with van der Waals surface area (Å²) in [7, 11) is 0. The summed E-state index contributed by atoms with van der Waals surface area (Å²) in [5.74, 6) is 1.19. The first-order valence-corrected chi connectivity index (χ1v) is 8.86. The second-order valence-electron chi connectivity index (χ2n) is 5.98. The lowest BCUT2D eigenvalue weighted by atomic mass is 10.1. The number of nitrogens with zero attached hydrogens (tertiary/aromatic N) is 2. The van der Waals surface area contributed by atoms with Gasteiger partial charge in [-0.05, 0) is 32.0 Å². The molecular formula is C20H24IN5O2. The third-order valence-corrected chi connectivity index (χ3v) is 4.03. The number of carbonyl (C=O) groups excluding carboxylic acids is 1. The maximum atomic E-state index is 12.0. The van der Waals surface area contributed by atoms with E-state index in [0.29, 0.717) is 24.7 Å². The number of benzene rings is 1. The Balaban J connectivity index is 0.00000280. The number of rotatable bonds is 6. The van der Waals surface area contributed by atoms with Gasteiger partial charge in [-0.2, -0.15) is 0 Å². The van der Waals surface area contributed by atoms with Gasteiger partial charge in [0, 0.05) is 23.7 Å². The Morgan fingerprint density at radius 2 is 2.00 bits per heavy atom. The van der Waals surface area contributed by atoms with Gasteiger partial charge in [-0.3, -0.25) is 9.78 Å². The first kappa shape index (κ1) is 21.7. The number of aryl methyl sites for hydroxylation is 1. The van der Waals surface area contributed by atoms with Crippen molar-refractivity contribution in [2.75, 3.05) is 18.4 Å². The van der Waals surface area contributed by atoms with Crippen molar-refractivity contribution in [3.05, 3.63) is 60.1 Å². The summed E-state index contributed by atoms with van der Waals surface area (Å²) in [5, 5.41) is 10.2. The fourth-order valence-electron chi connectivity index (χ4n) is 2.69. The molecule has 148 valence electrons. The van der Waals surface area contributed by atoms with Gasteiger partial charge < -0.3 is 20.4 Å². The molecule has 0 unspecified atom stereocenters. The van der Waals surface area contributed by atoms with Crippen LogP contribution in [0.4, 0.5) is 5.69 Å². The third kappa shape index (κ3) is 5.69. The molecule has 2 aromatic heterocycles. The molecule has 0 bridgehead atoms. The maximum Gasteiger partial charge on any atom is 0.246 e. The zero-order chi connectivity index (χ0) is 19.1. The first-order chi connectivity index (χ1) is 13.2. The molecule has 0 saturated heterocycles. The van der Waals surface area contributed by atoms with Crippen molar-refractivity contribution in [3.63, 3.8) is 0 Å². The Bertz CT molecular complexity index is 940. The van der Waals surface area contributed by atoms with Crippen LogP contribution in [-0.2, 0) is 11.3 Å². The number of nitrogens with one attached hydrogen (secondary N) is 3. The monoisotopic (exact) mass is 493 g/mol. The van der Waals surface area contributed by atoms with Crippen molar-refractivity contribution in [2.24, 2.45) is 4.99 Å². The van der Waals surface area contributed by atoms with E-state index in [4.69, 9.17) is 4.42 Å². The second-order valence-corrected chi connectivity index (χ2v) is 5.98. The van der Waals surface area contributed by atoms with Crippen LogP contribution < -0.4 is 16.0 Å². The predicted octanol–water partition coefficient (Wildman–Crippen LogP) is 3.45. The van der Waals surface area contributed by atoms with Gasteiger partial charge >= 0.3 is 0 Å². The van der Waals surface area contributed by atoms with Crippen LogP contribution in [0.1, 0.15) is 18.2 Å². The molecule has 2 heterocycles. The van der Waals surface area contributed by atoms with Crippen LogP contribution >= 0.6 is 24.0 Å². The van der Waals surface area contributed by atoms with E-state index < -0.39 is 0 Å². The number of hydrogen-bond donors (Lipinski definition) is 3. The minimum absolute atomic E-state index is 0. The lowest BCUT2D eigenvalue weighted by Crippen LogP contribution is -2.37. The van der Waals surface area contributed by atoms with Gasteiger partial charge in [-0.25, -0.2) is 4.99 Å². The maximum absolute atomic E-state index is 12.0. The molecule has 0 fully saturated rings. The van der Waals surface area contributed by atoms with Crippen LogP contribution in [-0.4, -0.2) is 29.9 Å². The Kier molecular flexibility index (Phi) is 8.24. The Hall–Kier alpha value is -2.62. The Morgan fingerprint density at radius 3 is 2.71 bits per heavy atom. The minimum Gasteiger partial charge on any atom is -0.459 e. The van der Waals surface area contributed by atoms with Gasteiger partial charge in [0.15, 0.2) is 5.96 Å². The van der Waals surface area contributed by atoms with E-state index in [0.717, 1.165) is 22.3 Å². The average molecular weight is 493 g/mol. The van der Waals surface area contributed by atoms with E-state index >= 15 is 0 Å². The first-order valence-electron chi connectivity index (χ1n) is 8.86. The highest BCUT2D eigenvalue weighted by Gasteiger charge is 2.10. The number of para-hydroxylation sites is 1. The van der Waals surface area contributed by atoms with Crippen LogP contribution in [0.2, 0.25) is 0 Å². The van der Waals surface area contributed by atoms with Gasteiger partial charge in [-0.15, -0.1) is 24.0 Å². The van der Waals surface area contributed by atoms with E-state index in [1.807, 2.05) is 38.1 Å². The smallest absolute Gasteiger partial charge is 0.246 e. The number of hydrogen-bond acceptors (Lipinski definition) is 4. The number of furan rings is 1. The molecule has 8 heteroatoms. The number of halogens is 1. The molecule has 0 aliphatic heterocycles. The van der Waals surface area contributed by atoms with Gasteiger partial charge in [0.1, 0.15) is 17.9 Å². The molecule has 0 aliphatic rings. The molecule has 3 N–H and O–H groups in total. The van der Waals surface area contributed by atoms with E-state index in [2.05, 4.69) is 25.9 Å². The molecule has 7 nitrogen and oxygen atoms in total. The molecule has 3 rings (SSSR count). The largest absolute Gasteiger partial charge is 0.459 e. The minimum atomic E-state index is -0.208. The molecular weight excluding hydrogens is 469 g/mol. The molecule has 0 atom stereocenters. The van der Waals surface area contributed by atoms with Gasteiger partial charge in [0.05, 0.1) is 18.4 Å². The van der Waals surface area contributed by atoms with Crippen LogP contribution in [0.25, 0.3) is 11.0 Å². The zero-order valence-corrected chi connectivity index (χ0v) is 18.2. The van der Waals surface area contributed by atoms with Gasteiger partial charge in [0.25, 0.3) is 0 Å². The summed E-state index contributed by atoms with van der Waals surface area (Å²) in [6.45, 7) is 5.18. The highest BCUT2D eigenvalue weighted by molar-refractivity contribution is 14.0. The van der Waals surface area contributed by atoms with Crippen LogP contribution in [0.15, 0.2) is 58.2 Å². The molecule has 0 saturated carbocycles. The SMILES string of the molecule is CCNC(=NCC(=O)Nc1cccnc1)NCc1oc2ccccc2c1C.I. The number of pyridine rings is 1. The quantitative estimate of drug-likeness (QED) is 0.278. The number of guanidine groups is 1.